The molecule has 1 saturated carbocycles. The Balaban J connectivity index is 1.57. The lowest BCUT2D eigenvalue weighted by Gasteiger charge is -2.53. The van der Waals surface area contributed by atoms with Gasteiger partial charge < -0.3 is 41.4 Å². The number of Topliss-reactive ketones (excluding diaryl/α,β-unsaturated/α-hetero) is 2. The van der Waals surface area contributed by atoms with Gasteiger partial charge in [0.1, 0.15) is 17.4 Å². The van der Waals surface area contributed by atoms with Crippen LogP contribution in [0.4, 0.5) is 0 Å². The molecule has 0 bridgehead atoms. The molecule has 2 unspecified atom stereocenters. The van der Waals surface area contributed by atoms with E-state index in [4.69, 9.17) is 5.73 Å². The highest BCUT2D eigenvalue weighted by atomic mass is 16.3. The molecule has 5 rings (SSSR count). The van der Waals surface area contributed by atoms with Crippen LogP contribution in [-0.2, 0) is 29.1 Å². The number of aliphatic hydroxyl groups excluding tert-OH is 2. The molecule has 0 saturated heterocycles. The first kappa shape index (κ1) is 26.1. The topological polar surface area (TPSA) is 189 Å². The number of fused-ring (bicyclic) bond motifs is 3. The molecule has 1 amide bonds. The van der Waals surface area contributed by atoms with E-state index in [1.54, 1.807) is 25.1 Å². The van der Waals surface area contributed by atoms with Crippen molar-refractivity contribution in [2.24, 2.45) is 23.5 Å². The summed E-state index contributed by atoms with van der Waals surface area (Å²) >= 11 is 0. The van der Waals surface area contributed by atoms with Gasteiger partial charge in [-0.25, -0.2) is 0 Å². The van der Waals surface area contributed by atoms with Gasteiger partial charge in [0.05, 0.1) is 11.7 Å². The average molecular weight is 525 g/mol. The monoisotopic (exact) mass is 524 g/mol. The van der Waals surface area contributed by atoms with Crippen LogP contribution in [0.1, 0.15) is 33.6 Å². The van der Waals surface area contributed by atoms with Crippen LogP contribution in [-0.4, -0.2) is 79.6 Å². The van der Waals surface area contributed by atoms with Crippen LogP contribution >= 0.6 is 0 Å². The highest BCUT2D eigenvalue weighted by Crippen LogP contribution is 2.52. The number of likely N-dealkylation sites (N-methyl/N-ethyl adjacent to an activating group) is 1. The Morgan fingerprint density at radius 1 is 1.21 bits per heavy atom. The van der Waals surface area contributed by atoms with Gasteiger partial charge in [0.25, 0.3) is 0 Å². The standard InChI is InChI=1S/C27H32N4O7/c1-31(2)21-16-9-13-8-15-12(10-29-11-14-4-3-7-30-14)5-6-17(32)19(15)22(33)18(13)24(35)27(16,38)25(36)20(23(21)34)26(28)37/h3-7,13,16,20-21,23,29-30,32,34-35,38H,8-11H2,1-2H3,(H2,28,37)/t13-,16-,20?,21-,23?,27-/m0/s1. The maximum Gasteiger partial charge on any atom is 0.230 e. The number of hydrogen-bond donors (Lipinski definition) is 7. The smallest absolute Gasteiger partial charge is 0.230 e. The number of H-pyrrole nitrogens is 1. The number of carbonyl (C=O) groups is 3. The molecular formula is C27H32N4O7. The van der Waals surface area contributed by atoms with Crippen LogP contribution in [0, 0.1) is 17.8 Å². The summed E-state index contributed by atoms with van der Waals surface area (Å²) < 4.78 is 0. The molecule has 0 aliphatic heterocycles. The van der Waals surface area contributed by atoms with Crippen molar-refractivity contribution in [3.8, 4) is 5.75 Å². The highest BCUT2D eigenvalue weighted by Gasteiger charge is 2.66. The fourth-order valence-electron chi connectivity index (χ4n) is 6.64. The number of rotatable bonds is 6. The molecular weight excluding hydrogens is 492 g/mol. The predicted molar refractivity (Wildman–Crippen MR) is 135 cm³/mol. The van der Waals surface area contributed by atoms with Gasteiger partial charge in [0.15, 0.2) is 17.2 Å². The van der Waals surface area contributed by atoms with E-state index in [9.17, 15) is 34.8 Å². The Morgan fingerprint density at radius 2 is 1.95 bits per heavy atom. The molecule has 38 heavy (non-hydrogen) atoms. The largest absolute Gasteiger partial charge is 0.508 e. The third-order valence-electron chi connectivity index (χ3n) is 8.37. The summed E-state index contributed by atoms with van der Waals surface area (Å²) in [6, 6.07) is 6.08. The van der Waals surface area contributed by atoms with E-state index in [1.807, 2.05) is 18.3 Å². The van der Waals surface area contributed by atoms with Crippen LogP contribution in [0.25, 0.3) is 0 Å². The number of aliphatic hydroxyl groups is 3. The molecule has 1 aromatic carbocycles. The van der Waals surface area contributed by atoms with Gasteiger partial charge >= 0.3 is 0 Å². The average Bonchev–Trinajstić information content (AvgIpc) is 3.36. The minimum atomic E-state index is -2.59. The van der Waals surface area contributed by atoms with Crippen molar-refractivity contribution in [1.29, 1.82) is 0 Å². The number of aromatic nitrogens is 1. The number of benzene rings is 1. The van der Waals surface area contributed by atoms with Crippen molar-refractivity contribution in [2.45, 2.75) is 43.7 Å². The summed E-state index contributed by atoms with van der Waals surface area (Å²) in [5, 5.41) is 48.0. The minimum Gasteiger partial charge on any atom is -0.508 e. The van der Waals surface area contributed by atoms with Crippen molar-refractivity contribution in [3.05, 3.63) is 64.2 Å². The van der Waals surface area contributed by atoms with Gasteiger partial charge in [-0.2, -0.15) is 0 Å². The zero-order valence-electron chi connectivity index (χ0n) is 21.1. The predicted octanol–water partition coefficient (Wildman–Crippen LogP) is -0.0965. The van der Waals surface area contributed by atoms with Gasteiger partial charge in [-0.3, -0.25) is 14.4 Å². The molecule has 8 N–H and O–H groups in total. The molecule has 1 aromatic heterocycles. The van der Waals surface area contributed by atoms with Gasteiger partial charge in [-0.1, -0.05) is 6.07 Å². The van der Waals surface area contributed by atoms with Gasteiger partial charge in [-0.05, 0) is 62.2 Å². The minimum absolute atomic E-state index is 0.0166. The second-order valence-electron chi connectivity index (χ2n) is 10.7. The number of amides is 1. The van der Waals surface area contributed by atoms with E-state index in [0.29, 0.717) is 18.7 Å². The van der Waals surface area contributed by atoms with Gasteiger partial charge in [0.2, 0.25) is 5.91 Å². The van der Waals surface area contributed by atoms with Crippen molar-refractivity contribution in [3.63, 3.8) is 0 Å². The maximum atomic E-state index is 13.7. The zero-order chi connectivity index (χ0) is 27.5. The lowest BCUT2D eigenvalue weighted by molar-refractivity contribution is -0.178. The maximum absolute atomic E-state index is 13.7. The molecule has 6 atom stereocenters. The number of hydrogen-bond acceptors (Lipinski definition) is 9. The fraction of sp³-hybridized carbons (Fsp3) is 0.444. The molecule has 3 aliphatic rings. The summed E-state index contributed by atoms with van der Waals surface area (Å²) in [5.74, 6) is -7.40. The van der Waals surface area contributed by atoms with Crippen molar-refractivity contribution >= 4 is 17.5 Å². The van der Waals surface area contributed by atoms with E-state index in [2.05, 4.69) is 10.3 Å². The zero-order valence-corrected chi connectivity index (χ0v) is 21.1. The number of aromatic amines is 1. The van der Waals surface area contributed by atoms with E-state index < -0.39 is 58.7 Å². The molecule has 1 heterocycles. The lowest BCUT2D eigenvalue weighted by Crippen LogP contribution is -2.71. The van der Waals surface area contributed by atoms with Crippen molar-refractivity contribution in [1.82, 2.24) is 15.2 Å². The summed E-state index contributed by atoms with van der Waals surface area (Å²) in [6.45, 7) is 0.977. The van der Waals surface area contributed by atoms with Crippen LogP contribution in [0.15, 0.2) is 41.8 Å². The van der Waals surface area contributed by atoms with E-state index in [-0.39, 0.29) is 29.7 Å². The quantitative estimate of drug-likeness (QED) is 0.253. The molecule has 0 radical (unpaired) electrons. The molecule has 2 aromatic rings. The van der Waals surface area contributed by atoms with E-state index >= 15 is 0 Å². The van der Waals surface area contributed by atoms with Gasteiger partial charge in [0, 0.05) is 42.5 Å². The molecule has 1 fully saturated rings. The number of phenols is 1. The van der Waals surface area contributed by atoms with Gasteiger partial charge in [-0.15, -0.1) is 0 Å². The Bertz CT molecular complexity index is 1340. The summed E-state index contributed by atoms with van der Waals surface area (Å²) in [6.07, 6.45) is 0.675. The Hall–Kier alpha value is -3.51. The first-order valence-electron chi connectivity index (χ1n) is 12.5. The molecule has 202 valence electrons. The number of nitrogens with one attached hydrogen (secondary N) is 2. The normalized spacial score (nSPS) is 30.7. The van der Waals surface area contributed by atoms with Crippen LogP contribution in [0.5, 0.6) is 5.75 Å². The molecule has 11 nitrogen and oxygen atoms in total. The second-order valence-corrected chi connectivity index (χ2v) is 10.7. The van der Waals surface area contributed by atoms with Crippen molar-refractivity contribution in [2.75, 3.05) is 14.1 Å². The summed E-state index contributed by atoms with van der Waals surface area (Å²) in [7, 11) is 3.26. The van der Waals surface area contributed by atoms with Crippen molar-refractivity contribution < 1.29 is 34.8 Å². The number of allylic oxidation sites excluding steroid dienone is 1. The van der Waals surface area contributed by atoms with E-state index in [0.717, 1.165) is 11.3 Å². The molecule has 11 heteroatoms. The number of aromatic hydroxyl groups is 1. The van der Waals surface area contributed by atoms with Crippen LogP contribution in [0.2, 0.25) is 0 Å². The third-order valence-corrected chi connectivity index (χ3v) is 8.37. The number of nitrogens with two attached hydrogens (primary N) is 1. The number of ketones is 2. The Labute approximate surface area is 219 Å². The first-order chi connectivity index (χ1) is 18.0. The number of carbonyl (C=O) groups excluding carboxylic acids is 3. The highest BCUT2D eigenvalue weighted by molar-refractivity contribution is 6.15. The molecule has 0 spiro atoms. The summed E-state index contributed by atoms with van der Waals surface area (Å²) in [5.41, 5.74) is 5.10. The second kappa shape index (κ2) is 9.35. The van der Waals surface area contributed by atoms with Crippen LogP contribution < -0.4 is 11.1 Å². The fourth-order valence-corrected chi connectivity index (χ4v) is 6.64. The first-order valence-corrected chi connectivity index (χ1v) is 12.5. The van der Waals surface area contributed by atoms with E-state index in [1.165, 1.54) is 6.07 Å². The Kier molecular flexibility index (Phi) is 6.42. The lowest BCUT2D eigenvalue weighted by atomic mass is 9.56. The number of primary amides is 1. The Morgan fingerprint density at radius 3 is 2.58 bits per heavy atom. The number of phenolic OH excluding ortho intramolecular Hbond substituents is 1. The summed E-state index contributed by atoms with van der Waals surface area (Å²) in [4.78, 5) is 43.9. The number of nitrogens with zero attached hydrogens (tertiary/aromatic N) is 1. The molecule has 3 aliphatic carbocycles. The SMILES string of the molecule is CN(C)[C@@H]1C(O)C(C(N)=O)C(=O)[C@@]2(O)C(O)=C3C(=O)c4c(O)ccc(CNCc5ccc[nH]5)c4C[C@H]3C[C@@H]12. The van der Waals surface area contributed by atoms with Crippen LogP contribution in [0.3, 0.4) is 0 Å². The third kappa shape index (κ3) is 3.77.